The molecule has 9 heteroatoms. The standard InChI is InChI=1S/C14H21N5O3S/c1-19-6-2-3-10(12(19)20)15-13(21)16-14-18-17-11(23-14)9-4-7-22-8-5-9/h9-10H,2-8H2,1H3,(H2,15,16,18,21). The van der Waals surface area contributed by atoms with Crippen molar-refractivity contribution in [1.82, 2.24) is 20.4 Å². The fourth-order valence-electron chi connectivity index (χ4n) is 2.85. The predicted molar refractivity (Wildman–Crippen MR) is 85.5 cm³/mol. The molecule has 2 N–H and O–H groups in total. The largest absolute Gasteiger partial charge is 0.381 e. The molecule has 3 amide bonds. The SMILES string of the molecule is CN1CCCC(NC(=O)Nc2nnc(C3CCOCC3)s2)C1=O. The molecule has 2 fully saturated rings. The van der Waals surface area contributed by atoms with Crippen LogP contribution in [0.5, 0.6) is 0 Å². The molecule has 1 unspecified atom stereocenters. The van der Waals surface area contributed by atoms with Crippen molar-refractivity contribution < 1.29 is 14.3 Å². The van der Waals surface area contributed by atoms with E-state index in [1.807, 2.05) is 0 Å². The zero-order chi connectivity index (χ0) is 16.2. The maximum atomic E-state index is 12.0. The zero-order valence-electron chi connectivity index (χ0n) is 13.1. The van der Waals surface area contributed by atoms with Crippen LogP contribution in [0.1, 0.15) is 36.6 Å². The first kappa shape index (κ1) is 16.1. The summed E-state index contributed by atoms with van der Waals surface area (Å²) in [6, 6.07) is -0.870. The summed E-state index contributed by atoms with van der Waals surface area (Å²) >= 11 is 1.39. The molecule has 2 saturated heterocycles. The molecular weight excluding hydrogens is 318 g/mol. The van der Waals surface area contributed by atoms with Gasteiger partial charge in [0.15, 0.2) is 0 Å². The van der Waals surface area contributed by atoms with Crippen molar-refractivity contribution in [3.05, 3.63) is 5.01 Å². The number of carbonyl (C=O) groups excluding carboxylic acids is 2. The molecule has 23 heavy (non-hydrogen) atoms. The van der Waals surface area contributed by atoms with Gasteiger partial charge in [0.2, 0.25) is 11.0 Å². The number of hydrogen-bond acceptors (Lipinski definition) is 6. The molecular formula is C14H21N5O3S. The van der Waals surface area contributed by atoms with E-state index in [4.69, 9.17) is 4.74 Å². The molecule has 1 aromatic heterocycles. The van der Waals surface area contributed by atoms with Crippen LogP contribution in [0.4, 0.5) is 9.93 Å². The minimum Gasteiger partial charge on any atom is -0.381 e. The summed E-state index contributed by atoms with van der Waals surface area (Å²) in [5.41, 5.74) is 0. The number of urea groups is 1. The fraction of sp³-hybridized carbons (Fsp3) is 0.714. The highest BCUT2D eigenvalue weighted by Crippen LogP contribution is 2.30. The Morgan fingerprint density at radius 3 is 2.87 bits per heavy atom. The monoisotopic (exact) mass is 339 g/mol. The van der Waals surface area contributed by atoms with E-state index in [-0.39, 0.29) is 5.91 Å². The highest BCUT2D eigenvalue weighted by atomic mass is 32.1. The molecule has 0 bridgehead atoms. The summed E-state index contributed by atoms with van der Waals surface area (Å²) in [6.07, 6.45) is 3.42. The Morgan fingerprint density at radius 2 is 2.09 bits per heavy atom. The lowest BCUT2D eigenvalue weighted by Gasteiger charge is -2.29. The first-order chi connectivity index (χ1) is 11.1. The van der Waals surface area contributed by atoms with E-state index >= 15 is 0 Å². The van der Waals surface area contributed by atoms with Crippen LogP contribution in [0.25, 0.3) is 0 Å². The Hall–Kier alpha value is -1.74. The molecule has 0 spiro atoms. The Bertz CT molecular complexity index is 573. The van der Waals surface area contributed by atoms with E-state index in [1.165, 1.54) is 11.3 Å². The van der Waals surface area contributed by atoms with Crippen LogP contribution >= 0.6 is 11.3 Å². The summed E-state index contributed by atoms with van der Waals surface area (Å²) in [5.74, 6) is 0.306. The van der Waals surface area contributed by atoms with Gasteiger partial charge in [0.05, 0.1) is 0 Å². The smallest absolute Gasteiger partial charge is 0.321 e. The lowest BCUT2D eigenvalue weighted by molar-refractivity contribution is -0.134. The lowest BCUT2D eigenvalue weighted by Crippen LogP contribution is -2.51. The molecule has 2 aliphatic rings. The van der Waals surface area contributed by atoms with Crippen LogP contribution in [0.3, 0.4) is 0 Å². The van der Waals surface area contributed by atoms with Gasteiger partial charge in [0.1, 0.15) is 11.0 Å². The number of hydrogen-bond donors (Lipinski definition) is 2. The van der Waals surface area contributed by atoms with Gasteiger partial charge in [-0.25, -0.2) is 4.79 Å². The molecule has 3 rings (SSSR count). The number of ether oxygens (including phenoxy) is 1. The van der Waals surface area contributed by atoms with Crippen LogP contribution in [0.15, 0.2) is 0 Å². The molecule has 0 saturated carbocycles. The number of nitrogens with zero attached hydrogens (tertiary/aromatic N) is 3. The van der Waals surface area contributed by atoms with E-state index in [0.717, 1.165) is 44.0 Å². The van der Waals surface area contributed by atoms with Gasteiger partial charge in [-0.3, -0.25) is 10.1 Å². The van der Waals surface area contributed by atoms with E-state index in [9.17, 15) is 9.59 Å². The van der Waals surface area contributed by atoms with Crippen molar-refractivity contribution in [3.63, 3.8) is 0 Å². The second-order valence-corrected chi connectivity index (χ2v) is 6.89. The summed E-state index contributed by atoms with van der Waals surface area (Å²) in [5, 5.41) is 15.0. The third-order valence-electron chi connectivity index (χ3n) is 4.20. The number of carbonyl (C=O) groups is 2. The van der Waals surface area contributed by atoms with Crippen LogP contribution in [0.2, 0.25) is 0 Å². The summed E-state index contributed by atoms with van der Waals surface area (Å²) in [4.78, 5) is 25.7. The van der Waals surface area contributed by atoms with Crippen molar-refractivity contribution in [1.29, 1.82) is 0 Å². The minimum atomic E-state index is -0.461. The minimum absolute atomic E-state index is 0.0495. The van der Waals surface area contributed by atoms with E-state index in [2.05, 4.69) is 20.8 Å². The van der Waals surface area contributed by atoms with Crippen LogP contribution in [0, 0.1) is 0 Å². The second kappa shape index (κ2) is 7.22. The van der Waals surface area contributed by atoms with E-state index in [1.54, 1.807) is 11.9 Å². The third-order valence-corrected chi connectivity index (χ3v) is 5.20. The first-order valence-corrected chi connectivity index (χ1v) is 8.69. The summed E-state index contributed by atoms with van der Waals surface area (Å²) in [7, 11) is 1.75. The quantitative estimate of drug-likeness (QED) is 0.862. The fourth-order valence-corrected chi connectivity index (χ4v) is 3.76. The molecule has 3 heterocycles. The first-order valence-electron chi connectivity index (χ1n) is 7.87. The normalized spacial score (nSPS) is 22.9. The average Bonchev–Trinajstić information content (AvgIpc) is 3.01. The van der Waals surface area contributed by atoms with Crippen molar-refractivity contribution in [2.45, 2.75) is 37.6 Å². The maximum absolute atomic E-state index is 12.0. The van der Waals surface area contributed by atoms with Gasteiger partial charge in [0.25, 0.3) is 0 Å². The molecule has 126 valence electrons. The van der Waals surface area contributed by atoms with E-state index < -0.39 is 12.1 Å². The molecule has 2 aliphatic heterocycles. The number of nitrogens with one attached hydrogen (secondary N) is 2. The third kappa shape index (κ3) is 3.97. The number of aromatic nitrogens is 2. The van der Waals surface area contributed by atoms with Gasteiger partial charge in [-0.2, -0.15) is 0 Å². The highest BCUT2D eigenvalue weighted by Gasteiger charge is 2.28. The number of likely N-dealkylation sites (tertiary alicyclic amines) is 1. The lowest BCUT2D eigenvalue weighted by atomic mass is 10.0. The Balaban J connectivity index is 1.53. The number of anilines is 1. The van der Waals surface area contributed by atoms with E-state index in [0.29, 0.717) is 17.5 Å². The van der Waals surface area contributed by atoms with Crippen molar-refractivity contribution in [2.24, 2.45) is 0 Å². The van der Waals surface area contributed by atoms with Gasteiger partial charge in [-0.05, 0) is 25.7 Å². The number of amides is 3. The highest BCUT2D eigenvalue weighted by molar-refractivity contribution is 7.15. The molecule has 1 atom stereocenters. The van der Waals surface area contributed by atoms with Crippen molar-refractivity contribution in [2.75, 3.05) is 32.1 Å². The second-order valence-electron chi connectivity index (χ2n) is 5.89. The molecule has 0 aliphatic carbocycles. The Kier molecular flexibility index (Phi) is 5.06. The number of rotatable bonds is 3. The Labute approximate surface area is 138 Å². The van der Waals surface area contributed by atoms with Crippen LogP contribution in [-0.2, 0) is 9.53 Å². The Morgan fingerprint density at radius 1 is 1.30 bits per heavy atom. The van der Waals surface area contributed by atoms with Crippen molar-refractivity contribution in [3.8, 4) is 0 Å². The maximum Gasteiger partial charge on any atom is 0.321 e. The molecule has 0 radical (unpaired) electrons. The van der Waals surface area contributed by atoms with Crippen LogP contribution < -0.4 is 10.6 Å². The number of piperidine rings is 1. The summed E-state index contributed by atoms with van der Waals surface area (Å²) < 4.78 is 5.34. The van der Waals surface area contributed by atoms with Gasteiger partial charge < -0.3 is 15.0 Å². The number of likely N-dealkylation sites (N-methyl/N-ethyl adjacent to an activating group) is 1. The van der Waals surface area contributed by atoms with Gasteiger partial charge in [0, 0.05) is 32.7 Å². The topological polar surface area (TPSA) is 96.5 Å². The van der Waals surface area contributed by atoms with Crippen LogP contribution in [-0.4, -0.2) is 59.9 Å². The zero-order valence-corrected chi connectivity index (χ0v) is 13.9. The molecule has 8 nitrogen and oxygen atoms in total. The molecule has 0 aromatic carbocycles. The predicted octanol–water partition coefficient (Wildman–Crippen LogP) is 1.17. The van der Waals surface area contributed by atoms with Gasteiger partial charge in [-0.1, -0.05) is 11.3 Å². The average molecular weight is 339 g/mol. The van der Waals surface area contributed by atoms with Gasteiger partial charge >= 0.3 is 6.03 Å². The summed E-state index contributed by atoms with van der Waals surface area (Å²) in [6.45, 7) is 2.22. The van der Waals surface area contributed by atoms with Gasteiger partial charge in [-0.15, -0.1) is 10.2 Å². The molecule has 1 aromatic rings. The van der Waals surface area contributed by atoms with Crippen molar-refractivity contribution >= 4 is 28.4 Å².